The smallest absolute Gasteiger partial charge is 0.213 e. The van der Waals surface area contributed by atoms with Gasteiger partial charge < -0.3 is 4.74 Å². The van der Waals surface area contributed by atoms with Crippen molar-refractivity contribution in [2.75, 3.05) is 7.11 Å². The monoisotopic (exact) mass is 163 g/mol. The Kier molecular flexibility index (Phi) is 1.75. The molecule has 1 saturated carbocycles. The van der Waals surface area contributed by atoms with Crippen LogP contribution in [0.5, 0.6) is 5.88 Å². The van der Waals surface area contributed by atoms with Crippen LogP contribution in [-0.4, -0.2) is 12.1 Å². The number of nitrogens with zero attached hydrogens (tertiary/aromatic N) is 1. The molecule has 0 N–H and O–H groups in total. The molecule has 2 heteroatoms. The maximum Gasteiger partial charge on any atom is 0.213 e. The summed E-state index contributed by atoms with van der Waals surface area (Å²) in [5.41, 5.74) is 2.52. The maximum absolute atomic E-state index is 5.08. The fourth-order valence-corrected chi connectivity index (χ4v) is 1.41. The zero-order valence-corrected chi connectivity index (χ0v) is 7.50. The Hall–Kier alpha value is -1.05. The van der Waals surface area contributed by atoms with Crippen molar-refractivity contribution in [2.24, 2.45) is 0 Å². The molecule has 0 saturated heterocycles. The van der Waals surface area contributed by atoms with E-state index < -0.39 is 0 Å². The van der Waals surface area contributed by atoms with Crippen molar-refractivity contribution in [3.8, 4) is 5.88 Å². The summed E-state index contributed by atoms with van der Waals surface area (Å²) < 4.78 is 5.08. The quantitative estimate of drug-likeness (QED) is 0.667. The maximum atomic E-state index is 5.08. The second-order valence-corrected chi connectivity index (χ2v) is 3.33. The Balaban J connectivity index is 2.36. The van der Waals surface area contributed by atoms with E-state index in [2.05, 4.69) is 18.0 Å². The molecule has 0 radical (unpaired) electrons. The van der Waals surface area contributed by atoms with Gasteiger partial charge in [-0.05, 0) is 25.3 Å². The van der Waals surface area contributed by atoms with Gasteiger partial charge in [-0.2, -0.15) is 0 Å². The van der Waals surface area contributed by atoms with Gasteiger partial charge in [0, 0.05) is 12.0 Å². The van der Waals surface area contributed by atoms with Crippen LogP contribution in [-0.2, 0) is 0 Å². The zero-order valence-electron chi connectivity index (χ0n) is 7.50. The first-order valence-corrected chi connectivity index (χ1v) is 4.33. The first kappa shape index (κ1) is 7.59. The van der Waals surface area contributed by atoms with Gasteiger partial charge in [0.1, 0.15) is 0 Å². The van der Waals surface area contributed by atoms with Crippen molar-refractivity contribution in [3.05, 3.63) is 23.4 Å². The van der Waals surface area contributed by atoms with Gasteiger partial charge in [0.25, 0.3) is 0 Å². The highest BCUT2D eigenvalue weighted by molar-refractivity contribution is 5.29. The van der Waals surface area contributed by atoms with Crippen LogP contribution in [0.2, 0.25) is 0 Å². The van der Waals surface area contributed by atoms with Crippen LogP contribution in [0, 0.1) is 6.92 Å². The molecule has 1 aliphatic carbocycles. The molecule has 1 heterocycles. The van der Waals surface area contributed by atoms with E-state index in [-0.39, 0.29) is 0 Å². The van der Waals surface area contributed by atoms with Crippen molar-refractivity contribution in [1.29, 1.82) is 0 Å². The Morgan fingerprint density at radius 1 is 1.42 bits per heavy atom. The van der Waals surface area contributed by atoms with E-state index >= 15 is 0 Å². The second kappa shape index (κ2) is 2.77. The number of aromatic nitrogens is 1. The van der Waals surface area contributed by atoms with Crippen LogP contribution >= 0.6 is 0 Å². The van der Waals surface area contributed by atoms with Crippen LogP contribution in [0.3, 0.4) is 0 Å². The predicted octanol–water partition coefficient (Wildman–Crippen LogP) is 2.28. The average Bonchev–Trinajstić information content (AvgIpc) is 2.88. The lowest BCUT2D eigenvalue weighted by Crippen LogP contribution is -1.94. The van der Waals surface area contributed by atoms with E-state index in [0.717, 1.165) is 5.88 Å². The summed E-state index contributed by atoms with van der Waals surface area (Å²) >= 11 is 0. The molecule has 0 bridgehead atoms. The molecule has 1 aromatic rings. The van der Waals surface area contributed by atoms with Gasteiger partial charge in [-0.15, -0.1) is 0 Å². The van der Waals surface area contributed by atoms with Crippen molar-refractivity contribution in [1.82, 2.24) is 4.98 Å². The normalized spacial score (nSPS) is 16.2. The fraction of sp³-hybridized carbons (Fsp3) is 0.500. The van der Waals surface area contributed by atoms with Gasteiger partial charge in [0.15, 0.2) is 0 Å². The minimum absolute atomic E-state index is 0.708. The molecule has 1 aliphatic rings. The summed E-state index contributed by atoms with van der Waals surface area (Å²) in [6, 6.07) is 4.00. The van der Waals surface area contributed by atoms with Crippen molar-refractivity contribution < 1.29 is 4.74 Å². The number of ether oxygens (including phenoxy) is 1. The summed E-state index contributed by atoms with van der Waals surface area (Å²) in [5.74, 6) is 1.45. The third-order valence-corrected chi connectivity index (χ3v) is 2.28. The van der Waals surface area contributed by atoms with E-state index in [0.29, 0.717) is 5.92 Å². The summed E-state index contributed by atoms with van der Waals surface area (Å²) in [4.78, 5) is 4.43. The van der Waals surface area contributed by atoms with Crippen LogP contribution in [0.1, 0.15) is 30.0 Å². The molecular weight excluding hydrogens is 150 g/mol. The number of methoxy groups -OCH3 is 1. The molecule has 0 amide bonds. The van der Waals surface area contributed by atoms with Crippen LogP contribution in [0.15, 0.2) is 12.1 Å². The largest absolute Gasteiger partial charge is 0.481 e. The number of pyridine rings is 1. The van der Waals surface area contributed by atoms with E-state index in [1.54, 1.807) is 7.11 Å². The fourth-order valence-electron chi connectivity index (χ4n) is 1.41. The number of hydrogen-bond donors (Lipinski definition) is 0. The van der Waals surface area contributed by atoms with Gasteiger partial charge in [-0.25, -0.2) is 4.98 Å². The Labute approximate surface area is 72.6 Å². The highest BCUT2D eigenvalue weighted by Gasteiger charge is 2.26. The Morgan fingerprint density at radius 3 is 2.75 bits per heavy atom. The number of rotatable bonds is 2. The number of hydrogen-bond acceptors (Lipinski definition) is 2. The van der Waals surface area contributed by atoms with E-state index in [1.807, 2.05) is 6.07 Å². The lowest BCUT2D eigenvalue weighted by atomic mass is 10.1. The molecule has 0 spiro atoms. The summed E-state index contributed by atoms with van der Waals surface area (Å²) in [6.45, 7) is 2.11. The summed E-state index contributed by atoms with van der Waals surface area (Å²) in [5, 5.41) is 0. The molecule has 0 unspecified atom stereocenters. The van der Waals surface area contributed by atoms with Crippen LogP contribution < -0.4 is 4.74 Å². The Morgan fingerprint density at radius 2 is 2.17 bits per heavy atom. The SMILES string of the molecule is COc1ccc(C)c(C2CC2)n1. The second-order valence-electron chi connectivity index (χ2n) is 3.33. The van der Waals surface area contributed by atoms with Gasteiger partial charge in [-0.3, -0.25) is 0 Å². The zero-order chi connectivity index (χ0) is 8.55. The molecule has 2 nitrogen and oxygen atoms in total. The summed E-state index contributed by atoms with van der Waals surface area (Å²) in [6.07, 6.45) is 2.59. The van der Waals surface area contributed by atoms with Crippen molar-refractivity contribution in [3.63, 3.8) is 0 Å². The lowest BCUT2D eigenvalue weighted by Gasteiger charge is -2.04. The van der Waals surface area contributed by atoms with E-state index in [9.17, 15) is 0 Å². The van der Waals surface area contributed by atoms with Gasteiger partial charge >= 0.3 is 0 Å². The molecule has 0 aliphatic heterocycles. The first-order chi connectivity index (χ1) is 5.81. The van der Waals surface area contributed by atoms with Gasteiger partial charge in [0.05, 0.1) is 12.8 Å². The molecule has 2 rings (SSSR count). The summed E-state index contributed by atoms with van der Waals surface area (Å²) in [7, 11) is 1.66. The highest BCUT2D eigenvalue weighted by atomic mass is 16.5. The van der Waals surface area contributed by atoms with Crippen LogP contribution in [0.4, 0.5) is 0 Å². The Bertz CT molecular complexity index is 292. The van der Waals surface area contributed by atoms with Gasteiger partial charge in [0.2, 0.25) is 5.88 Å². The topological polar surface area (TPSA) is 22.1 Å². The lowest BCUT2D eigenvalue weighted by molar-refractivity contribution is 0.396. The molecular formula is C10H13NO. The molecule has 1 aromatic heterocycles. The van der Waals surface area contributed by atoms with Crippen molar-refractivity contribution >= 4 is 0 Å². The minimum atomic E-state index is 0.708. The highest BCUT2D eigenvalue weighted by Crippen LogP contribution is 2.40. The standard InChI is InChI=1S/C10H13NO/c1-7-3-6-9(12-2)11-10(7)8-4-5-8/h3,6,8H,4-5H2,1-2H3. The average molecular weight is 163 g/mol. The third kappa shape index (κ3) is 1.29. The number of aryl methyl sites for hydroxylation is 1. The molecule has 12 heavy (non-hydrogen) atoms. The predicted molar refractivity (Wildman–Crippen MR) is 47.5 cm³/mol. The van der Waals surface area contributed by atoms with E-state index in [1.165, 1.54) is 24.1 Å². The molecule has 0 atom stereocenters. The van der Waals surface area contributed by atoms with Crippen molar-refractivity contribution in [2.45, 2.75) is 25.7 Å². The molecule has 0 aromatic carbocycles. The first-order valence-electron chi connectivity index (χ1n) is 4.33. The molecule has 64 valence electrons. The van der Waals surface area contributed by atoms with Gasteiger partial charge in [-0.1, -0.05) is 6.07 Å². The minimum Gasteiger partial charge on any atom is -0.481 e. The third-order valence-electron chi connectivity index (χ3n) is 2.28. The van der Waals surface area contributed by atoms with E-state index in [4.69, 9.17) is 4.74 Å². The van der Waals surface area contributed by atoms with Crippen LogP contribution in [0.25, 0.3) is 0 Å². The molecule has 1 fully saturated rings.